The molecule has 0 radical (unpaired) electrons. The van der Waals surface area contributed by atoms with Crippen LogP contribution >= 0.6 is 11.6 Å². The Balaban J connectivity index is 2.26. The molecule has 6 nitrogen and oxygen atoms in total. The number of nitrogens with zero attached hydrogens (tertiary/aromatic N) is 2. The van der Waals surface area contributed by atoms with E-state index in [0.717, 1.165) is 12.0 Å². The molecule has 7 heteroatoms. The maximum atomic E-state index is 12.1. The van der Waals surface area contributed by atoms with Gasteiger partial charge in [0.1, 0.15) is 5.15 Å². The average molecular weight is 306 g/mol. The second kappa shape index (κ2) is 6.32. The summed E-state index contributed by atoms with van der Waals surface area (Å²) in [6.07, 6.45) is 0.864. The third kappa shape index (κ3) is 3.55. The lowest BCUT2D eigenvalue weighted by molar-refractivity contribution is -0.384. The third-order valence-corrected chi connectivity index (χ3v) is 3.10. The van der Waals surface area contributed by atoms with Gasteiger partial charge in [0.25, 0.3) is 5.91 Å². The Hall–Kier alpha value is -2.47. The van der Waals surface area contributed by atoms with Crippen molar-refractivity contribution in [1.29, 1.82) is 0 Å². The monoisotopic (exact) mass is 305 g/mol. The zero-order valence-electron chi connectivity index (χ0n) is 11.2. The lowest BCUT2D eigenvalue weighted by Crippen LogP contribution is -2.14. The fourth-order valence-electron chi connectivity index (χ4n) is 1.74. The Morgan fingerprint density at radius 1 is 1.29 bits per heavy atom. The average Bonchev–Trinajstić information content (AvgIpc) is 2.47. The van der Waals surface area contributed by atoms with Crippen molar-refractivity contribution in [1.82, 2.24) is 4.98 Å². The van der Waals surface area contributed by atoms with Crippen LogP contribution in [0.1, 0.15) is 22.8 Å². The molecule has 1 heterocycles. The van der Waals surface area contributed by atoms with E-state index in [-0.39, 0.29) is 16.7 Å². The van der Waals surface area contributed by atoms with E-state index in [1.807, 2.05) is 19.1 Å². The summed E-state index contributed by atoms with van der Waals surface area (Å²) in [4.78, 5) is 26.1. The van der Waals surface area contributed by atoms with Crippen LogP contribution in [0.3, 0.4) is 0 Å². The first kappa shape index (κ1) is 14.9. The molecule has 1 amide bonds. The molecular weight excluding hydrogens is 294 g/mol. The molecule has 1 aromatic carbocycles. The molecule has 0 fully saturated rings. The number of carbonyl (C=O) groups is 1. The Bertz CT molecular complexity index is 686. The van der Waals surface area contributed by atoms with E-state index in [2.05, 4.69) is 10.3 Å². The molecule has 0 aliphatic carbocycles. The number of aromatic nitrogens is 1. The van der Waals surface area contributed by atoms with Crippen molar-refractivity contribution in [2.45, 2.75) is 13.3 Å². The van der Waals surface area contributed by atoms with Gasteiger partial charge in [-0.1, -0.05) is 30.7 Å². The summed E-state index contributed by atoms with van der Waals surface area (Å²) in [6, 6.07) is 9.47. The van der Waals surface area contributed by atoms with Crippen LogP contribution in [-0.2, 0) is 6.42 Å². The number of carbonyl (C=O) groups excluding carboxylic acids is 1. The summed E-state index contributed by atoms with van der Waals surface area (Å²) in [6.45, 7) is 2.01. The molecule has 0 atom stereocenters. The molecule has 0 saturated heterocycles. The first-order valence-corrected chi connectivity index (χ1v) is 6.60. The van der Waals surface area contributed by atoms with E-state index in [4.69, 9.17) is 11.6 Å². The van der Waals surface area contributed by atoms with Gasteiger partial charge in [0.15, 0.2) is 0 Å². The maximum absolute atomic E-state index is 12.1. The predicted molar refractivity (Wildman–Crippen MR) is 79.7 cm³/mol. The highest BCUT2D eigenvalue weighted by Gasteiger charge is 2.18. The Morgan fingerprint density at radius 3 is 2.52 bits per heavy atom. The second-order valence-corrected chi connectivity index (χ2v) is 4.65. The highest BCUT2D eigenvalue weighted by molar-refractivity contribution is 6.29. The SMILES string of the molecule is CCc1ccc(C(=O)Nc2nc(Cl)ccc2[N+](=O)[O-])cc1. The minimum absolute atomic E-state index is 0.0669. The van der Waals surface area contributed by atoms with Crippen LogP contribution in [0, 0.1) is 10.1 Å². The first-order chi connectivity index (χ1) is 10.0. The molecule has 0 unspecified atom stereocenters. The van der Waals surface area contributed by atoms with Gasteiger partial charge >= 0.3 is 5.69 Å². The number of halogens is 1. The van der Waals surface area contributed by atoms with E-state index in [9.17, 15) is 14.9 Å². The summed E-state index contributed by atoms with van der Waals surface area (Å²) >= 11 is 5.71. The van der Waals surface area contributed by atoms with E-state index < -0.39 is 10.8 Å². The molecule has 0 saturated carbocycles. The highest BCUT2D eigenvalue weighted by Crippen LogP contribution is 2.24. The van der Waals surface area contributed by atoms with Crippen LogP contribution in [0.5, 0.6) is 0 Å². The summed E-state index contributed by atoms with van der Waals surface area (Å²) in [5, 5.41) is 13.4. The third-order valence-electron chi connectivity index (χ3n) is 2.89. The van der Waals surface area contributed by atoms with Gasteiger partial charge in [0.2, 0.25) is 5.82 Å². The number of pyridine rings is 1. The lowest BCUT2D eigenvalue weighted by atomic mass is 10.1. The van der Waals surface area contributed by atoms with Crippen molar-refractivity contribution < 1.29 is 9.72 Å². The Morgan fingerprint density at radius 2 is 1.95 bits per heavy atom. The molecule has 1 N–H and O–H groups in total. The van der Waals surface area contributed by atoms with Crippen molar-refractivity contribution in [3.63, 3.8) is 0 Å². The Labute approximate surface area is 125 Å². The minimum atomic E-state index is -0.626. The molecular formula is C14H12ClN3O3. The molecule has 0 aliphatic rings. The molecule has 108 valence electrons. The van der Waals surface area contributed by atoms with E-state index in [1.165, 1.54) is 12.1 Å². The van der Waals surface area contributed by atoms with Crippen LogP contribution in [0.25, 0.3) is 0 Å². The highest BCUT2D eigenvalue weighted by atomic mass is 35.5. The van der Waals surface area contributed by atoms with Crippen LogP contribution in [-0.4, -0.2) is 15.8 Å². The van der Waals surface area contributed by atoms with Gasteiger partial charge in [-0.05, 0) is 30.2 Å². The van der Waals surface area contributed by atoms with Gasteiger partial charge < -0.3 is 5.32 Å². The smallest absolute Gasteiger partial charge is 0.301 e. The quantitative estimate of drug-likeness (QED) is 0.532. The number of rotatable bonds is 4. The summed E-state index contributed by atoms with van der Waals surface area (Å²) in [5.41, 5.74) is 1.18. The molecule has 2 rings (SSSR count). The number of aryl methyl sites for hydroxylation is 1. The Kier molecular flexibility index (Phi) is 4.49. The van der Waals surface area contributed by atoms with Crippen molar-refractivity contribution in [2.24, 2.45) is 0 Å². The van der Waals surface area contributed by atoms with Crippen LogP contribution in [0.4, 0.5) is 11.5 Å². The second-order valence-electron chi connectivity index (χ2n) is 4.26. The van der Waals surface area contributed by atoms with Gasteiger partial charge in [-0.15, -0.1) is 0 Å². The summed E-state index contributed by atoms with van der Waals surface area (Å²) in [7, 11) is 0. The van der Waals surface area contributed by atoms with Gasteiger partial charge in [-0.3, -0.25) is 14.9 Å². The van der Waals surface area contributed by atoms with Gasteiger partial charge in [-0.2, -0.15) is 0 Å². The fourth-order valence-corrected chi connectivity index (χ4v) is 1.89. The van der Waals surface area contributed by atoms with E-state index in [1.54, 1.807) is 12.1 Å². The lowest BCUT2D eigenvalue weighted by Gasteiger charge is -2.06. The molecule has 2 aromatic rings. The standard InChI is InChI=1S/C14H12ClN3O3/c1-2-9-3-5-10(6-4-9)14(19)17-13-11(18(20)21)7-8-12(15)16-13/h3-8H,2H2,1H3,(H,16,17,19). The maximum Gasteiger partial charge on any atom is 0.311 e. The van der Waals surface area contributed by atoms with Crippen LogP contribution in [0.2, 0.25) is 5.15 Å². The fraction of sp³-hybridized carbons (Fsp3) is 0.143. The zero-order chi connectivity index (χ0) is 15.4. The van der Waals surface area contributed by atoms with E-state index in [0.29, 0.717) is 5.56 Å². The molecule has 1 aromatic heterocycles. The topological polar surface area (TPSA) is 85.1 Å². The van der Waals surface area contributed by atoms with Crippen LogP contribution < -0.4 is 5.32 Å². The molecule has 0 spiro atoms. The van der Waals surface area contributed by atoms with Crippen molar-refractivity contribution in [3.05, 3.63) is 62.8 Å². The number of amides is 1. The summed E-state index contributed by atoms with van der Waals surface area (Å²) in [5.74, 6) is -0.646. The van der Waals surface area contributed by atoms with E-state index >= 15 is 0 Å². The van der Waals surface area contributed by atoms with Gasteiger partial charge in [-0.25, -0.2) is 4.98 Å². The molecule has 0 bridgehead atoms. The number of anilines is 1. The largest absolute Gasteiger partial charge is 0.311 e. The number of hydrogen-bond donors (Lipinski definition) is 1. The summed E-state index contributed by atoms with van der Waals surface area (Å²) < 4.78 is 0. The van der Waals surface area contributed by atoms with Gasteiger partial charge in [0.05, 0.1) is 4.92 Å². The van der Waals surface area contributed by atoms with Crippen molar-refractivity contribution in [3.8, 4) is 0 Å². The van der Waals surface area contributed by atoms with Gasteiger partial charge in [0, 0.05) is 11.6 Å². The number of benzene rings is 1. The molecule has 21 heavy (non-hydrogen) atoms. The predicted octanol–water partition coefficient (Wildman–Crippen LogP) is 3.46. The van der Waals surface area contributed by atoms with Crippen molar-refractivity contribution >= 4 is 29.0 Å². The number of nitro groups is 1. The van der Waals surface area contributed by atoms with Crippen LogP contribution in [0.15, 0.2) is 36.4 Å². The number of nitrogens with one attached hydrogen (secondary N) is 1. The normalized spacial score (nSPS) is 10.2. The zero-order valence-corrected chi connectivity index (χ0v) is 11.9. The molecule has 0 aliphatic heterocycles. The number of hydrogen-bond acceptors (Lipinski definition) is 4. The minimum Gasteiger partial charge on any atom is -0.301 e. The van der Waals surface area contributed by atoms with Crippen molar-refractivity contribution in [2.75, 3.05) is 5.32 Å². The first-order valence-electron chi connectivity index (χ1n) is 6.22.